The van der Waals surface area contributed by atoms with Crippen LogP contribution in [0.3, 0.4) is 0 Å². The van der Waals surface area contributed by atoms with E-state index < -0.39 is 24.0 Å². The van der Waals surface area contributed by atoms with Gasteiger partial charge in [0.15, 0.2) is 12.2 Å². The highest BCUT2D eigenvalue weighted by molar-refractivity contribution is 6.30. The van der Waals surface area contributed by atoms with Gasteiger partial charge in [0.25, 0.3) is 11.8 Å². The Hall–Kier alpha value is -3.45. The van der Waals surface area contributed by atoms with E-state index in [2.05, 4.69) is 0 Å². The zero-order chi connectivity index (χ0) is 24.5. The van der Waals surface area contributed by atoms with Gasteiger partial charge in [-0.3, -0.25) is 14.2 Å². The molecule has 1 aliphatic heterocycles. The van der Waals surface area contributed by atoms with Gasteiger partial charge in [0.2, 0.25) is 0 Å². The number of aromatic nitrogens is 1. The van der Waals surface area contributed by atoms with Gasteiger partial charge >= 0.3 is 0 Å². The van der Waals surface area contributed by atoms with Crippen LogP contribution in [-0.4, -0.2) is 50.2 Å². The molecule has 3 aromatic carbocycles. The van der Waals surface area contributed by atoms with Gasteiger partial charge in [0, 0.05) is 23.2 Å². The lowest BCUT2D eigenvalue weighted by atomic mass is 10.0. The highest BCUT2D eigenvalue weighted by Crippen LogP contribution is 2.34. The molecule has 1 aliphatic rings. The van der Waals surface area contributed by atoms with Crippen molar-refractivity contribution in [2.24, 2.45) is 0 Å². The number of amides is 1. The first kappa shape index (κ1) is 23.3. The monoisotopic (exact) mass is 488 g/mol. The number of nitrogens with zero attached hydrogens (tertiary/aromatic N) is 2. The quantitative estimate of drug-likeness (QED) is 0.427. The predicted octanol–water partition coefficient (Wildman–Crippen LogP) is 4.69. The Labute approximate surface area is 208 Å². The Kier molecular flexibility index (Phi) is 6.43. The number of halogens is 1. The second-order valence-electron chi connectivity index (χ2n) is 8.80. The molecule has 5 rings (SSSR count). The van der Waals surface area contributed by atoms with Crippen LogP contribution in [0.15, 0.2) is 85.1 Å². The predicted molar refractivity (Wildman–Crippen MR) is 135 cm³/mol. The molecule has 1 amide bonds. The van der Waals surface area contributed by atoms with Crippen LogP contribution < -0.4 is 0 Å². The zero-order valence-corrected chi connectivity index (χ0v) is 19.7. The van der Waals surface area contributed by atoms with E-state index >= 15 is 0 Å². The topological polar surface area (TPSA) is 82.8 Å². The number of likely N-dealkylation sites (tertiary alicyclic amines) is 1. The van der Waals surface area contributed by atoms with Crippen molar-refractivity contribution in [2.75, 3.05) is 6.54 Å². The molecule has 4 aromatic rings. The van der Waals surface area contributed by atoms with Gasteiger partial charge in [-0.25, -0.2) is 0 Å². The minimum Gasteiger partial charge on any atom is -0.380 e. The van der Waals surface area contributed by atoms with Gasteiger partial charge in [-0.05, 0) is 59.9 Å². The number of aliphatic hydroxyl groups excluding tert-OH is 2. The lowest BCUT2D eigenvalue weighted by molar-refractivity contribution is -0.145. The SMILES string of the molecule is O=C([C@H](O)[C@@H](O)C(=O)n1ccc2cc(-c3ccccc3)ccc21)N1CCCC1c1cccc(Cl)c1. The van der Waals surface area contributed by atoms with E-state index in [9.17, 15) is 19.8 Å². The van der Waals surface area contributed by atoms with Crippen molar-refractivity contribution in [1.29, 1.82) is 0 Å². The molecule has 2 N–H and O–H groups in total. The minimum absolute atomic E-state index is 0.262. The number of carbonyl (C=O) groups is 2. The summed E-state index contributed by atoms with van der Waals surface area (Å²) in [5.41, 5.74) is 3.50. The first-order valence-electron chi connectivity index (χ1n) is 11.6. The van der Waals surface area contributed by atoms with Gasteiger partial charge in [-0.15, -0.1) is 0 Å². The Morgan fingerprint density at radius 2 is 1.63 bits per heavy atom. The Balaban J connectivity index is 1.35. The van der Waals surface area contributed by atoms with Crippen molar-refractivity contribution in [1.82, 2.24) is 9.47 Å². The summed E-state index contributed by atoms with van der Waals surface area (Å²) in [5, 5.41) is 22.8. The maximum atomic E-state index is 13.1. The van der Waals surface area contributed by atoms with Crippen LogP contribution in [0, 0.1) is 0 Å². The number of benzene rings is 3. The summed E-state index contributed by atoms with van der Waals surface area (Å²) in [6.45, 7) is 0.433. The largest absolute Gasteiger partial charge is 0.380 e. The van der Waals surface area contributed by atoms with Crippen molar-refractivity contribution >= 4 is 34.3 Å². The zero-order valence-electron chi connectivity index (χ0n) is 18.9. The average Bonchev–Trinajstić information content (AvgIpc) is 3.54. The Morgan fingerprint density at radius 3 is 2.40 bits per heavy atom. The number of rotatable bonds is 5. The van der Waals surface area contributed by atoms with Gasteiger partial charge in [-0.2, -0.15) is 0 Å². The van der Waals surface area contributed by atoms with E-state index in [1.807, 2.05) is 54.6 Å². The summed E-state index contributed by atoms with van der Waals surface area (Å²) in [5.74, 6) is -1.43. The third-order valence-corrected chi connectivity index (χ3v) is 6.84. The lowest BCUT2D eigenvalue weighted by Crippen LogP contribution is -2.48. The Morgan fingerprint density at radius 1 is 0.857 bits per heavy atom. The van der Waals surface area contributed by atoms with E-state index in [0.29, 0.717) is 17.1 Å². The van der Waals surface area contributed by atoms with Crippen LogP contribution in [0.4, 0.5) is 0 Å². The fourth-order valence-electron chi connectivity index (χ4n) is 4.82. The smallest absolute Gasteiger partial charge is 0.263 e. The van der Waals surface area contributed by atoms with Crippen LogP contribution in [-0.2, 0) is 4.79 Å². The highest BCUT2D eigenvalue weighted by atomic mass is 35.5. The molecule has 6 nitrogen and oxygen atoms in total. The fourth-order valence-corrected chi connectivity index (χ4v) is 5.02. The van der Waals surface area contributed by atoms with Crippen molar-refractivity contribution in [3.8, 4) is 11.1 Å². The molecule has 3 atom stereocenters. The van der Waals surface area contributed by atoms with E-state index in [4.69, 9.17) is 11.6 Å². The van der Waals surface area contributed by atoms with Crippen molar-refractivity contribution < 1.29 is 19.8 Å². The molecule has 1 unspecified atom stereocenters. The van der Waals surface area contributed by atoms with Crippen LogP contribution in [0.25, 0.3) is 22.0 Å². The number of aliphatic hydroxyl groups is 2. The van der Waals surface area contributed by atoms with Crippen molar-refractivity contribution in [2.45, 2.75) is 31.1 Å². The number of fused-ring (bicyclic) bond motifs is 1. The third kappa shape index (κ3) is 4.48. The molecule has 35 heavy (non-hydrogen) atoms. The molecular formula is C28H25ClN2O4. The maximum absolute atomic E-state index is 13.1. The molecule has 178 valence electrons. The van der Waals surface area contributed by atoms with Gasteiger partial charge in [-0.1, -0.05) is 60.1 Å². The third-order valence-electron chi connectivity index (χ3n) is 6.61. The summed E-state index contributed by atoms with van der Waals surface area (Å²) < 4.78 is 1.28. The van der Waals surface area contributed by atoms with E-state index in [0.717, 1.165) is 34.9 Å². The van der Waals surface area contributed by atoms with Crippen molar-refractivity contribution in [3.05, 3.63) is 95.6 Å². The van der Waals surface area contributed by atoms with Gasteiger partial charge in [0.05, 0.1) is 11.6 Å². The first-order chi connectivity index (χ1) is 16.9. The fraction of sp³-hybridized carbons (Fsp3) is 0.214. The standard InChI is InChI=1S/C28H25ClN2O4/c29-22-9-4-8-20(17-22)23-10-5-14-30(23)27(34)25(32)26(33)28(35)31-15-13-21-16-19(11-12-24(21)31)18-6-2-1-3-7-18/h1-4,6-9,11-13,15-17,23,25-26,32-33H,5,10,14H2/t23?,25-,26-/m1/s1. The van der Waals surface area contributed by atoms with E-state index in [1.165, 1.54) is 9.47 Å². The molecule has 0 radical (unpaired) electrons. The first-order valence-corrected chi connectivity index (χ1v) is 11.9. The van der Waals surface area contributed by atoms with Crippen LogP contribution in [0.5, 0.6) is 0 Å². The second kappa shape index (κ2) is 9.66. The molecule has 1 fully saturated rings. The molecule has 0 saturated carbocycles. The summed E-state index contributed by atoms with van der Waals surface area (Å²) in [6.07, 6.45) is -0.747. The summed E-state index contributed by atoms with van der Waals surface area (Å²) in [6, 6.07) is 24.3. The molecule has 0 bridgehead atoms. The minimum atomic E-state index is -1.90. The number of hydrogen-bond donors (Lipinski definition) is 2. The molecule has 1 saturated heterocycles. The summed E-state index contributed by atoms with van der Waals surface area (Å²) in [7, 11) is 0. The highest BCUT2D eigenvalue weighted by Gasteiger charge is 2.39. The summed E-state index contributed by atoms with van der Waals surface area (Å²) >= 11 is 6.11. The molecule has 0 aliphatic carbocycles. The van der Waals surface area contributed by atoms with Crippen LogP contribution >= 0.6 is 11.6 Å². The van der Waals surface area contributed by atoms with E-state index in [-0.39, 0.29) is 6.04 Å². The Bertz CT molecular complexity index is 1380. The van der Waals surface area contributed by atoms with Crippen LogP contribution in [0.2, 0.25) is 5.02 Å². The normalized spacial score (nSPS) is 17.5. The maximum Gasteiger partial charge on any atom is 0.263 e. The number of carbonyl (C=O) groups excluding carboxylic acids is 2. The average molecular weight is 489 g/mol. The van der Waals surface area contributed by atoms with Crippen molar-refractivity contribution in [3.63, 3.8) is 0 Å². The lowest BCUT2D eigenvalue weighted by Gasteiger charge is -2.28. The molecule has 0 spiro atoms. The second-order valence-corrected chi connectivity index (χ2v) is 9.23. The van der Waals surface area contributed by atoms with E-state index in [1.54, 1.807) is 30.5 Å². The molecular weight excluding hydrogens is 464 g/mol. The summed E-state index contributed by atoms with van der Waals surface area (Å²) in [4.78, 5) is 27.7. The molecule has 7 heteroatoms. The van der Waals surface area contributed by atoms with Crippen LogP contribution in [0.1, 0.15) is 29.2 Å². The van der Waals surface area contributed by atoms with Gasteiger partial charge in [0.1, 0.15) is 0 Å². The van der Waals surface area contributed by atoms with Gasteiger partial charge < -0.3 is 15.1 Å². The number of hydrogen-bond acceptors (Lipinski definition) is 4. The molecule has 2 heterocycles. The molecule has 1 aromatic heterocycles.